The van der Waals surface area contributed by atoms with Crippen molar-refractivity contribution in [3.63, 3.8) is 0 Å². The minimum absolute atomic E-state index is 0.118. The Hall–Kier alpha value is -2.11. The van der Waals surface area contributed by atoms with Gasteiger partial charge >= 0.3 is 5.97 Å². The highest BCUT2D eigenvalue weighted by molar-refractivity contribution is 5.78. The number of hydrogen-bond donors (Lipinski definition) is 2. The molecule has 6 heteroatoms. The molecule has 0 unspecified atom stereocenters. The average Bonchev–Trinajstić information content (AvgIpc) is 2.94. The molecule has 1 saturated carbocycles. The third-order valence-electron chi connectivity index (χ3n) is 4.06. The SMILES string of the molecule is COc1cccc(CCC(=O)N[C@@H]2CCC[C@@H]2C(=O)O)c1F. The van der Waals surface area contributed by atoms with Crippen LogP contribution in [0.3, 0.4) is 0 Å². The lowest BCUT2D eigenvalue weighted by molar-refractivity contribution is -0.142. The van der Waals surface area contributed by atoms with Crippen molar-refractivity contribution in [2.24, 2.45) is 5.92 Å². The number of amides is 1. The summed E-state index contributed by atoms with van der Waals surface area (Å²) >= 11 is 0. The number of carbonyl (C=O) groups is 2. The van der Waals surface area contributed by atoms with Gasteiger partial charge in [-0.2, -0.15) is 0 Å². The van der Waals surface area contributed by atoms with Crippen molar-refractivity contribution in [2.45, 2.75) is 38.1 Å². The van der Waals surface area contributed by atoms with Crippen molar-refractivity contribution < 1.29 is 23.8 Å². The highest BCUT2D eigenvalue weighted by Crippen LogP contribution is 2.26. The Kier molecular flexibility index (Phi) is 5.35. The predicted octanol–water partition coefficient (Wildman–Crippen LogP) is 2.14. The number of nitrogens with one attached hydrogen (secondary N) is 1. The van der Waals surface area contributed by atoms with Crippen molar-refractivity contribution >= 4 is 11.9 Å². The number of carboxylic acid groups (broad SMARTS) is 1. The van der Waals surface area contributed by atoms with Gasteiger partial charge < -0.3 is 15.2 Å². The summed E-state index contributed by atoms with van der Waals surface area (Å²) in [5.74, 6) is -1.94. The van der Waals surface area contributed by atoms with Crippen molar-refractivity contribution in [2.75, 3.05) is 7.11 Å². The van der Waals surface area contributed by atoms with Crippen LogP contribution < -0.4 is 10.1 Å². The molecule has 22 heavy (non-hydrogen) atoms. The summed E-state index contributed by atoms with van der Waals surface area (Å²) in [5.41, 5.74) is 0.413. The number of halogens is 1. The van der Waals surface area contributed by atoms with E-state index < -0.39 is 17.7 Å². The Morgan fingerprint density at radius 2 is 2.18 bits per heavy atom. The van der Waals surface area contributed by atoms with Crippen LogP contribution in [0.5, 0.6) is 5.75 Å². The van der Waals surface area contributed by atoms with Gasteiger partial charge in [-0.3, -0.25) is 9.59 Å². The molecule has 0 radical (unpaired) electrons. The normalized spacial score (nSPS) is 20.6. The van der Waals surface area contributed by atoms with Crippen molar-refractivity contribution in [3.8, 4) is 5.75 Å². The average molecular weight is 309 g/mol. The zero-order chi connectivity index (χ0) is 16.1. The second-order valence-electron chi connectivity index (χ2n) is 5.48. The monoisotopic (exact) mass is 309 g/mol. The van der Waals surface area contributed by atoms with Crippen LogP contribution >= 0.6 is 0 Å². The summed E-state index contributed by atoms with van der Waals surface area (Å²) < 4.78 is 18.9. The topological polar surface area (TPSA) is 75.6 Å². The Balaban J connectivity index is 1.89. The fourth-order valence-electron chi connectivity index (χ4n) is 2.86. The third-order valence-corrected chi connectivity index (χ3v) is 4.06. The third kappa shape index (κ3) is 3.75. The summed E-state index contributed by atoms with van der Waals surface area (Å²) in [6.45, 7) is 0. The van der Waals surface area contributed by atoms with E-state index in [1.54, 1.807) is 12.1 Å². The lowest BCUT2D eigenvalue weighted by Gasteiger charge is -2.17. The molecule has 0 spiro atoms. The van der Waals surface area contributed by atoms with E-state index in [-0.39, 0.29) is 30.5 Å². The summed E-state index contributed by atoms with van der Waals surface area (Å²) in [6.07, 6.45) is 2.43. The van der Waals surface area contributed by atoms with Crippen LogP contribution in [0, 0.1) is 11.7 Å². The Labute approximate surface area is 128 Å². The number of benzene rings is 1. The van der Waals surface area contributed by atoms with E-state index in [1.807, 2.05) is 0 Å². The molecule has 2 rings (SSSR count). The van der Waals surface area contributed by atoms with Gasteiger partial charge in [-0.15, -0.1) is 0 Å². The van der Waals surface area contributed by atoms with Gasteiger partial charge in [0.1, 0.15) is 0 Å². The lowest BCUT2D eigenvalue weighted by Crippen LogP contribution is -2.40. The standard InChI is InChI=1S/C16H20FNO4/c1-22-13-7-2-4-10(15(13)17)8-9-14(19)18-12-6-3-5-11(12)16(20)21/h2,4,7,11-12H,3,5-6,8-9H2,1H3,(H,18,19)(H,20,21)/t11-,12+/m0/s1. The van der Waals surface area contributed by atoms with Crippen molar-refractivity contribution in [1.29, 1.82) is 0 Å². The molecule has 2 N–H and O–H groups in total. The lowest BCUT2D eigenvalue weighted by atomic mass is 10.0. The smallest absolute Gasteiger partial charge is 0.308 e. The van der Waals surface area contributed by atoms with E-state index in [9.17, 15) is 14.0 Å². The molecule has 1 aliphatic rings. The number of carbonyl (C=O) groups excluding carboxylic acids is 1. The number of aliphatic carboxylic acids is 1. The van der Waals surface area contributed by atoms with Crippen LogP contribution in [0.4, 0.5) is 4.39 Å². The van der Waals surface area contributed by atoms with Crippen LogP contribution in [-0.4, -0.2) is 30.1 Å². The number of rotatable bonds is 6. The zero-order valence-electron chi connectivity index (χ0n) is 12.5. The number of hydrogen-bond acceptors (Lipinski definition) is 3. The number of methoxy groups -OCH3 is 1. The van der Waals surface area contributed by atoms with Gasteiger partial charge in [-0.1, -0.05) is 18.6 Å². The second-order valence-corrected chi connectivity index (χ2v) is 5.48. The molecular weight excluding hydrogens is 289 g/mol. The van der Waals surface area contributed by atoms with Crippen LogP contribution in [0.15, 0.2) is 18.2 Å². The summed E-state index contributed by atoms with van der Waals surface area (Å²) in [4.78, 5) is 23.0. The molecular formula is C16H20FNO4. The molecule has 0 saturated heterocycles. The second kappa shape index (κ2) is 7.24. The molecule has 1 aromatic carbocycles. The van der Waals surface area contributed by atoms with E-state index in [0.717, 1.165) is 6.42 Å². The van der Waals surface area contributed by atoms with Gasteiger partial charge in [0, 0.05) is 12.5 Å². The maximum atomic E-state index is 14.0. The molecule has 1 aliphatic carbocycles. The highest BCUT2D eigenvalue weighted by atomic mass is 19.1. The molecule has 120 valence electrons. The molecule has 2 atom stereocenters. The first-order chi connectivity index (χ1) is 10.5. The quantitative estimate of drug-likeness (QED) is 0.844. The van der Waals surface area contributed by atoms with Gasteiger partial charge in [0.2, 0.25) is 5.91 Å². The minimum atomic E-state index is -0.873. The van der Waals surface area contributed by atoms with E-state index in [2.05, 4.69) is 5.32 Å². The minimum Gasteiger partial charge on any atom is -0.494 e. The van der Waals surface area contributed by atoms with Crippen molar-refractivity contribution in [3.05, 3.63) is 29.6 Å². The maximum absolute atomic E-state index is 14.0. The molecule has 1 amide bonds. The molecule has 0 heterocycles. The highest BCUT2D eigenvalue weighted by Gasteiger charge is 2.33. The van der Waals surface area contributed by atoms with Gasteiger partial charge in [0.05, 0.1) is 13.0 Å². The number of carboxylic acids is 1. The van der Waals surface area contributed by atoms with E-state index in [4.69, 9.17) is 9.84 Å². The van der Waals surface area contributed by atoms with Gasteiger partial charge in [0.15, 0.2) is 11.6 Å². The van der Waals surface area contributed by atoms with Gasteiger partial charge in [-0.25, -0.2) is 4.39 Å². The van der Waals surface area contributed by atoms with Gasteiger partial charge in [0.25, 0.3) is 0 Å². The predicted molar refractivity (Wildman–Crippen MR) is 78.2 cm³/mol. The summed E-state index contributed by atoms with van der Waals surface area (Å²) in [7, 11) is 1.39. The molecule has 1 fully saturated rings. The molecule has 0 aliphatic heterocycles. The van der Waals surface area contributed by atoms with Crippen molar-refractivity contribution in [1.82, 2.24) is 5.32 Å². The molecule has 5 nitrogen and oxygen atoms in total. The van der Waals surface area contributed by atoms with Crippen LogP contribution in [0.25, 0.3) is 0 Å². The van der Waals surface area contributed by atoms with E-state index in [1.165, 1.54) is 13.2 Å². The Bertz CT molecular complexity index is 561. The first kappa shape index (κ1) is 16.3. The Morgan fingerprint density at radius 3 is 2.86 bits per heavy atom. The number of ether oxygens (including phenoxy) is 1. The fourth-order valence-corrected chi connectivity index (χ4v) is 2.86. The van der Waals surface area contributed by atoms with Crippen LogP contribution in [0.1, 0.15) is 31.2 Å². The van der Waals surface area contributed by atoms with Crippen LogP contribution in [0.2, 0.25) is 0 Å². The zero-order valence-corrected chi connectivity index (χ0v) is 12.5. The van der Waals surface area contributed by atoms with E-state index in [0.29, 0.717) is 18.4 Å². The summed E-state index contributed by atoms with van der Waals surface area (Å²) in [5, 5.41) is 11.8. The largest absolute Gasteiger partial charge is 0.494 e. The Morgan fingerprint density at radius 1 is 1.41 bits per heavy atom. The maximum Gasteiger partial charge on any atom is 0.308 e. The number of aryl methyl sites for hydroxylation is 1. The van der Waals surface area contributed by atoms with Gasteiger partial charge in [-0.05, 0) is 30.9 Å². The van der Waals surface area contributed by atoms with Crippen LogP contribution in [-0.2, 0) is 16.0 Å². The fraction of sp³-hybridized carbons (Fsp3) is 0.500. The molecule has 0 bridgehead atoms. The van der Waals surface area contributed by atoms with E-state index >= 15 is 0 Å². The summed E-state index contributed by atoms with van der Waals surface area (Å²) in [6, 6.07) is 4.49. The molecule has 1 aromatic rings. The first-order valence-electron chi connectivity index (χ1n) is 7.36. The first-order valence-corrected chi connectivity index (χ1v) is 7.36. The molecule has 0 aromatic heterocycles.